The fraction of sp³-hybridized carbons (Fsp3) is 0.867. The average molecular weight is 252 g/mol. The predicted molar refractivity (Wildman–Crippen MR) is 76.6 cm³/mol. The Kier molecular flexibility index (Phi) is 7.70. The molecule has 1 rings (SSSR count). The van der Waals surface area contributed by atoms with Crippen LogP contribution in [0.15, 0.2) is 5.10 Å². The highest BCUT2D eigenvalue weighted by Crippen LogP contribution is 2.20. The Hall–Kier alpha value is -0.860. The number of hydrazone groups is 1. The molecule has 1 fully saturated rings. The van der Waals surface area contributed by atoms with Gasteiger partial charge in [0.05, 0.1) is 0 Å². The van der Waals surface area contributed by atoms with Gasteiger partial charge in [0.2, 0.25) is 5.91 Å². The fourth-order valence-electron chi connectivity index (χ4n) is 2.41. The van der Waals surface area contributed by atoms with E-state index in [0.717, 1.165) is 19.3 Å². The first kappa shape index (κ1) is 15.2. The Bertz CT molecular complexity index is 274. The van der Waals surface area contributed by atoms with Crippen LogP contribution in [0.4, 0.5) is 0 Å². The van der Waals surface area contributed by atoms with Crippen molar-refractivity contribution >= 4 is 11.6 Å². The van der Waals surface area contributed by atoms with Gasteiger partial charge in [-0.2, -0.15) is 5.10 Å². The van der Waals surface area contributed by atoms with Crippen molar-refractivity contribution in [3.8, 4) is 0 Å². The average Bonchev–Trinajstić information content (AvgIpc) is 2.37. The number of nitrogens with one attached hydrogen (secondary N) is 1. The zero-order chi connectivity index (χ0) is 13.2. The van der Waals surface area contributed by atoms with Gasteiger partial charge >= 0.3 is 0 Å². The van der Waals surface area contributed by atoms with Crippen LogP contribution in [-0.2, 0) is 4.79 Å². The summed E-state index contributed by atoms with van der Waals surface area (Å²) in [5.41, 5.74) is 3.90. The second-order valence-corrected chi connectivity index (χ2v) is 5.45. The number of unbranched alkanes of at least 4 members (excludes halogenated alkanes) is 4. The molecule has 0 aromatic rings. The molecular formula is C15H28N2O. The van der Waals surface area contributed by atoms with Crippen LogP contribution < -0.4 is 5.43 Å². The summed E-state index contributed by atoms with van der Waals surface area (Å²) in [6.45, 7) is 4.41. The maximum Gasteiger partial charge on any atom is 0.240 e. The first-order chi connectivity index (χ1) is 8.74. The third-order valence-corrected chi connectivity index (χ3v) is 3.72. The Labute approximate surface area is 111 Å². The predicted octanol–water partition coefficient (Wildman–Crippen LogP) is 4.03. The normalized spacial score (nSPS) is 22.1. The van der Waals surface area contributed by atoms with E-state index >= 15 is 0 Å². The van der Waals surface area contributed by atoms with Gasteiger partial charge in [0.25, 0.3) is 0 Å². The van der Waals surface area contributed by atoms with Crippen LogP contribution in [0.1, 0.15) is 78.1 Å². The summed E-state index contributed by atoms with van der Waals surface area (Å²) in [7, 11) is 0. The minimum absolute atomic E-state index is 0.0803. The fourth-order valence-corrected chi connectivity index (χ4v) is 2.41. The Morgan fingerprint density at radius 1 is 1.28 bits per heavy atom. The van der Waals surface area contributed by atoms with E-state index in [1.807, 2.05) is 0 Å². The van der Waals surface area contributed by atoms with Crippen molar-refractivity contribution in [2.75, 3.05) is 0 Å². The van der Waals surface area contributed by atoms with E-state index in [4.69, 9.17) is 0 Å². The smallest absolute Gasteiger partial charge is 0.240 e. The van der Waals surface area contributed by atoms with Gasteiger partial charge in [-0.15, -0.1) is 0 Å². The molecule has 0 bridgehead atoms. The summed E-state index contributed by atoms with van der Waals surface area (Å²) in [4.78, 5) is 11.6. The van der Waals surface area contributed by atoms with Gasteiger partial charge in [0.15, 0.2) is 0 Å². The molecule has 1 amide bonds. The maximum atomic E-state index is 11.6. The summed E-state index contributed by atoms with van der Waals surface area (Å²) in [6, 6.07) is 0. The van der Waals surface area contributed by atoms with Crippen LogP contribution in [0, 0.1) is 5.92 Å². The molecular weight excluding hydrogens is 224 g/mol. The molecule has 18 heavy (non-hydrogen) atoms. The lowest BCUT2D eigenvalue weighted by Crippen LogP contribution is -2.24. The van der Waals surface area contributed by atoms with E-state index in [0.29, 0.717) is 12.3 Å². The topological polar surface area (TPSA) is 41.5 Å². The first-order valence-electron chi connectivity index (χ1n) is 7.59. The Balaban J connectivity index is 2.13. The molecule has 1 atom stereocenters. The molecule has 3 heteroatoms. The Morgan fingerprint density at radius 2 is 2.06 bits per heavy atom. The van der Waals surface area contributed by atoms with E-state index in [-0.39, 0.29) is 5.91 Å². The molecule has 1 unspecified atom stereocenters. The van der Waals surface area contributed by atoms with Gasteiger partial charge in [-0.05, 0) is 31.6 Å². The molecule has 0 aromatic carbocycles. The van der Waals surface area contributed by atoms with E-state index in [1.54, 1.807) is 0 Å². The number of carbonyl (C=O) groups is 1. The minimum atomic E-state index is 0.0803. The lowest BCUT2D eigenvalue weighted by atomic mass is 9.89. The van der Waals surface area contributed by atoms with Crippen LogP contribution in [0.5, 0.6) is 0 Å². The SMILES string of the molecule is CCCCCCCC(=O)N/N=C1\CCCCC1C. The molecule has 0 spiro atoms. The van der Waals surface area contributed by atoms with Crippen LogP contribution in [-0.4, -0.2) is 11.6 Å². The highest BCUT2D eigenvalue weighted by Gasteiger charge is 2.15. The Morgan fingerprint density at radius 3 is 2.78 bits per heavy atom. The van der Waals surface area contributed by atoms with E-state index in [9.17, 15) is 4.79 Å². The van der Waals surface area contributed by atoms with Crippen molar-refractivity contribution in [1.29, 1.82) is 0 Å². The summed E-state index contributed by atoms with van der Waals surface area (Å²) < 4.78 is 0. The van der Waals surface area contributed by atoms with E-state index in [1.165, 1.54) is 44.2 Å². The highest BCUT2D eigenvalue weighted by atomic mass is 16.2. The third kappa shape index (κ3) is 6.18. The summed E-state index contributed by atoms with van der Waals surface area (Å²) in [5.74, 6) is 0.625. The van der Waals surface area contributed by atoms with E-state index in [2.05, 4.69) is 24.4 Å². The van der Waals surface area contributed by atoms with Crippen molar-refractivity contribution in [2.45, 2.75) is 78.1 Å². The number of hydrogen-bond acceptors (Lipinski definition) is 2. The second kappa shape index (κ2) is 9.12. The summed E-state index contributed by atoms with van der Waals surface area (Å²) in [6.07, 6.45) is 11.3. The van der Waals surface area contributed by atoms with Crippen LogP contribution in [0.2, 0.25) is 0 Å². The lowest BCUT2D eigenvalue weighted by Gasteiger charge is -2.19. The molecule has 3 nitrogen and oxygen atoms in total. The lowest BCUT2D eigenvalue weighted by molar-refractivity contribution is -0.121. The molecule has 1 aliphatic carbocycles. The third-order valence-electron chi connectivity index (χ3n) is 3.72. The molecule has 0 saturated heterocycles. The zero-order valence-corrected chi connectivity index (χ0v) is 12.0. The summed E-state index contributed by atoms with van der Waals surface area (Å²) in [5, 5.41) is 4.30. The monoisotopic (exact) mass is 252 g/mol. The molecule has 1 saturated carbocycles. The molecule has 0 aromatic heterocycles. The van der Waals surface area contributed by atoms with Crippen molar-refractivity contribution in [3.63, 3.8) is 0 Å². The van der Waals surface area contributed by atoms with E-state index < -0.39 is 0 Å². The summed E-state index contributed by atoms with van der Waals surface area (Å²) >= 11 is 0. The molecule has 0 heterocycles. The molecule has 1 N–H and O–H groups in total. The van der Waals surface area contributed by atoms with Crippen LogP contribution >= 0.6 is 0 Å². The molecule has 0 radical (unpaired) electrons. The van der Waals surface area contributed by atoms with Gasteiger partial charge < -0.3 is 0 Å². The zero-order valence-electron chi connectivity index (χ0n) is 12.0. The number of amides is 1. The molecule has 1 aliphatic rings. The largest absolute Gasteiger partial charge is 0.273 e. The van der Waals surface area contributed by atoms with Crippen molar-refractivity contribution in [3.05, 3.63) is 0 Å². The molecule has 0 aliphatic heterocycles. The van der Waals surface area contributed by atoms with Crippen molar-refractivity contribution < 1.29 is 4.79 Å². The second-order valence-electron chi connectivity index (χ2n) is 5.45. The first-order valence-corrected chi connectivity index (χ1v) is 7.59. The van der Waals surface area contributed by atoms with Gasteiger partial charge in [0.1, 0.15) is 0 Å². The van der Waals surface area contributed by atoms with Crippen molar-refractivity contribution in [1.82, 2.24) is 5.43 Å². The minimum Gasteiger partial charge on any atom is -0.273 e. The van der Waals surface area contributed by atoms with Crippen molar-refractivity contribution in [2.24, 2.45) is 11.0 Å². The van der Waals surface area contributed by atoms with Gasteiger partial charge in [-0.1, -0.05) is 46.0 Å². The maximum absolute atomic E-state index is 11.6. The number of hydrogen-bond donors (Lipinski definition) is 1. The standard InChI is InChI=1S/C15H28N2O/c1-3-4-5-6-7-12-15(18)17-16-14-11-9-8-10-13(14)2/h13H,3-12H2,1-2H3,(H,17,18)/b16-14+. The highest BCUT2D eigenvalue weighted by molar-refractivity contribution is 5.88. The van der Waals surface area contributed by atoms with Crippen LogP contribution in [0.25, 0.3) is 0 Å². The number of carbonyl (C=O) groups excluding carboxylic acids is 1. The number of nitrogens with zero attached hydrogens (tertiary/aromatic N) is 1. The van der Waals surface area contributed by atoms with Gasteiger partial charge in [0, 0.05) is 12.1 Å². The molecule has 104 valence electrons. The van der Waals surface area contributed by atoms with Gasteiger partial charge in [-0.25, -0.2) is 5.43 Å². The quantitative estimate of drug-likeness (QED) is 0.539. The number of rotatable bonds is 7. The van der Waals surface area contributed by atoms with Gasteiger partial charge in [-0.3, -0.25) is 4.79 Å². The van der Waals surface area contributed by atoms with Crippen LogP contribution in [0.3, 0.4) is 0 Å².